The Bertz CT molecular complexity index is 900. The van der Waals surface area contributed by atoms with E-state index in [2.05, 4.69) is 42.5 Å². The summed E-state index contributed by atoms with van der Waals surface area (Å²) >= 11 is 0. The van der Waals surface area contributed by atoms with Crippen LogP contribution in [0.4, 0.5) is 17.6 Å². The molecule has 5 saturated heterocycles. The van der Waals surface area contributed by atoms with E-state index in [9.17, 15) is 0 Å². The maximum Gasteiger partial charge on any atom is 0.106 e. The Labute approximate surface area is 258 Å². The van der Waals surface area contributed by atoms with Crippen LogP contribution in [0.2, 0.25) is 0 Å². The van der Waals surface area contributed by atoms with Crippen molar-refractivity contribution in [1.29, 1.82) is 0 Å². The van der Waals surface area contributed by atoms with Crippen molar-refractivity contribution in [2.75, 3.05) is 0 Å². The predicted molar refractivity (Wildman–Crippen MR) is 158 cm³/mol. The highest BCUT2D eigenvalue weighted by Crippen LogP contribution is 2.47. The molecule has 9 fully saturated rings. The van der Waals surface area contributed by atoms with Gasteiger partial charge in [0.15, 0.2) is 0 Å². The van der Waals surface area contributed by atoms with E-state index in [0.29, 0.717) is 25.7 Å². The molecule has 4 aliphatic carbocycles. The summed E-state index contributed by atoms with van der Waals surface area (Å²) in [6.45, 7) is 0. The fourth-order valence-corrected chi connectivity index (χ4v) is 12.0. The van der Waals surface area contributed by atoms with Crippen LogP contribution in [0, 0.1) is 47.3 Å². The molecule has 8 bridgehead atoms. The van der Waals surface area contributed by atoms with E-state index in [1.165, 1.54) is 0 Å². The Morgan fingerprint density at radius 1 is 0.273 bits per heavy atom. The van der Waals surface area contributed by atoms with Crippen LogP contribution < -0.4 is 42.5 Å². The fourth-order valence-electron chi connectivity index (χ4n) is 12.0. The van der Waals surface area contributed by atoms with Gasteiger partial charge >= 0.3 is 0 Å². The van der Waals surface area contributed by atoms with Crippen molar-refractivity contribution in [1.82, 2.24) is 42.5 Å². The maximum atomic E-state index is 15.8. The summed E-state index contributed by atoms with van der Waals surface area (Å²) in [5.41, 5.74) is 0. The first-order valence-corrected chi connectivity index (χ1v) is 18.1. The lowest BCUT2D eigenvalue weighted by Gasteiger charge is -2.37. The Morgan fingerprint density at radius 3 is 0.682 bits per heavy atom. The van der Waals surface area contributed by atoms with Gasteiger partial charge < -0.3 is 0 Å². The smallest absolute Gasteiger partial charge is 0.106 e. The second-order valence-corrected chi connectivity index (χ2v) is 15.9. The molecule has 5 aliphatic heterocycles. The van der Waals surface area contributed by atoms with Gasteiger partial charge in [0.05, 0.1) is 49.3 Å². The number of nitrogens with one attached hydrogen (secondary N) is 8. The molecule has 0 aromatic heterocycles. The molecule has 4 saturated carbocycles. The zero-order chi connectivity index (χ0) is 29.7. The van der Waals surface area contributed by atoms with E-state index >= 15 is 17.6 Å². The predicted octanol–water partition coefficient (Wildman–Crippen LogP) is 2.40. The minimum absolute atomic E-state index is 0.0835. The van der Waals surface area contributed by atoms with Crippen LogP contribution in [-0.2, 0) is 0 Å². The average molecular weight is 625 g/mol. The molecule has 0 spiro atoms. The number of halogens is 4. The van der Waals surface area contributed by atoms with E-state index in [-0.39, 0.29) is 96.7 Å². The van der Waals surface area contributed by atoms with Crippen LogP contribution in [0.25, 0.3) is 0 Å². The summed E-state index contributed by atoms with van der Waals surface area (Å²) < 4.78 is 63.1. The molecule has 12 atom stereocenters. The van der Waals surface area contributed by atoms with Gasteiger partial charge in [0.1, 0.15) is 24.7 Å². The number of fused-ring (bicyclic) bond motifs is 20. The van der Waals surface area contributed by atoms with Gasteiger partial charge in [-0.2, -0.15) is 0 Å². The van der Waals surface area contributed by atoms with Crippen molar-refractivity contribution in [3.63, 3.8) is 0 Å². The Hall–Kier alpha value is -0.600. The molecule has 44 heavy (non-hydrogen) atoms. The lowest BCUT2D eigenvalue weighted by molar-refractivity contribution is 0.0685. The third-order valence-corrected chi connectivity index (χ3v) is 13.8. The monoisotopic (exact) mass is 624 g/mol. The van der Waals surface area contributed by atoms with Gasteiger partial charge in [-0.3, -0.25) is 42.5 Å². The lowest BCUT2D eigenvalue weighted by atomic mass is 9.75. The molecule has 8 N–H and O–H groups in total. The second kappa shape index (κ2) is 11.5. The van der Waals surface area contributed by atoms with Gasteiger partial charge in [0.25, 0.3) is 0 Å². The number of alkyl halides is 4. The van der Waals surface area contributed by atoms with Crippen LogP contribution in [0.1, 0.15) is 77.0 Å². The summed E-state index contributed by atoms with van der Waals surface area (Å²) in [5.74, 6) is -0.463. The molecule has 12 unspecified atom stereocenters. The summed E-state index contributed by atoms with van der Waals surface area (Å²) in [4.78, 5) is 0. The summed E-state index contributed by atoms with van der Waals surface area (Å²) in [6.07, 6.45) is 3.95. The third kappa shape index (κ3) is 4.74. The van der Waals surface area contributed by atoms with E-state index < -0.39 is 24.7 Å². The van der Waals surface area contributed by atoms with E-state index in [4.69, 9.17) is 0 Å². The topological polar surface area (TPSA) is 96.2 Å². The van der Waals surface area contributed by atoms with Gasteiger partial charge in [0, 0.05) is 23.7 Å². The van der Waals surface area contributed by atoms with Gasteiger partial charge in [-0.15, -0.1) is 0 Å². The minimum atomic E-state index is -0.918. The molecule has 8 nitrogen and oxygen atoms in total. The molecule has 5 heterocycles. The maximum absolute atomic E-state index is 15.8. The zero-order valence-electron chi connectivity index (χ0n) is 25.5. The van der Waals surface area contributed by atoms with Crippen LogP contribution in [0.15, 0.2) is 0 Å². The highest BCUT2D eigenvalue weighted by Gasteiger charge is 2.58. The molecule has 248 valence electrons. The molecule has 0 radical (unpaired) electrons. The molecule has 0 aromatic rings. The normalized spacial score (nSPS) is 60.3. The van der Waals surface area contributed by atoms with Crippen molar-refractivity contribution in [3.05, 3.63) is 0 Å². The highest BCUT2D eigenvalue weighted by molar-refractivity contribution is 5.11. The van der Waals surface area contributed by atoms with Crippen LogP contribution >= 0.6 is 0 Å². The van der Waals surface area contributed by atoms with Gasteiger partial charge in [-0.25, -0.2) is 17.6 Å². The first kappa shape index (κ1) is 29.5. The van der Waals surface area contributed by atoms with Crippen LogP contribution in [0.5, 0.6) is 0 Å². The molecule has 9 aliphatic rings. The van der Waals surface area contributed by atoms with Gasteiger partial charge in [-0.1, -0.05) is 25.7 Å². The molecule has 9 rings (SSSR count). The second-order valence-electron chi connectivity index (χ2n) is 15.9. The zero-order valence-corrected chi connectivity index (χ0v) is 25.5. The largest absolute Gasteiger partial charge is 0.286 e. The standard InChI is InChI=1S/C32H52F4N8/c33-17-9-1-5-13-21(17)29-37-25(13)41-30-22-14(6-2-10-18(22)34)27(38-30)43-32-24-16(8-4-12-20(24)36)28(40-32)44-31-23-15(26(39-31)42-29)7-3-11-19(23)35/h13-32,37-44H,1-12H2. The van der Waals surface area contributed by atoms with Crippen molar-refractivity contribution >= 4 is 0 Å². The Morgan fingerprint density at radius 2 is 0.477 bits per heavy atom. The summed E-state index contributed by atoms with van der Waals surface area (Å²) in [5, 5.41) is 30.1. The highest BCUT2D eigenvalue weighted by atomic mass is 19.1. The summed E-state index contributed by atoms with van der Waals surface area (Å²) in [6, 6.07) is 0. The van der Waals surface area contributed by atoms with E-state index in [1.807, 2.05) is 0 Å². The average Bonchev–Trinajstić information content (AvgIpc) is 3.74. The van der Waals surface area contributed by atoms with E-state index in [1.54, 1.807) is 0 Å². The molecule has 0 aromatic carbocycles. The molecule has 0 amide bonds. The quantitative estimate of drug-likeness (QED) is 0.195. The number of hydrogen-bond acceptors (Lipinski definition) is 8. The first-order valence-electron chi connectivity index (χ1n) is 18.1. The fraction of sp³-hybridized carbons (Fsp3) is 1.00. The Balaban J connectivity index is 1.08. The van der Waals surface area contributed by atoms with E-state index in [0.717, 1.165) is 51.4 Å². The van der Waals surface area contributed by atoms with Gasteiger partial charge in [-0.05, 0) is 75.0 Å². The third-order valence-electron chi connectivity index (χ3n) is 13.8. The Kier molecular flexibility index (Phi) is 7.74. The van der Waals surface area contributed by atoms with Crippen molar-refractivity contribution < 1.29 is 17.6 Å². The molecule has 12 heteroatoms. The van der Waals surface area contributed by atoms with Crippen LogP contribution in [0.3, 0.4) is 0 Å². The number of rotatable bonds is 0. The van der Waals surface area contributed by atoms with Crippen molar-refractivity contribution in [2.24, 2.45) is 47.3 Å². The van der Waals surface area contributed by atoms with Gasteiger partial charge in [0.2, 0.25) is 0 Å². The molecular weight excluding hydrogens is 572 g/mol. The summed E-state index contributed by atoms with van der Waals surface area (Å²) in [7, 11) is 0. The first-order chi connectivity index (χ1) is 21.4. The number of hydrogen-bond donors (Lipinski definition) is 8. The lowest BCUT2D eigenvalue weighted by Crippen LogP contribution is -2.62. The minimum Gasteiger partial charge on any atom is -0.286 e. The van der Waals surface area contributed by atoms with Crippen molar-refractivity contribution in [2.45, 2.75) is 151 Å². The van der Waals surface area contributed by atoms with Crippen molar-refractivity contribution in [3.8, 4) is 0 Å². The molecular formula is C32H52F4N8. The SMILES string of the molecule is FC1CCCC2C3NC(NC4NC(NC5NC(NC6NC(N3)C3C(F)CCCC63)C3C(F)CCCC53)C3C(F)CCCC43)C12. The van der Waals surface area contributed by atoms with Crippen LogP contribution in [-0.4, -0.2) is 74.0 Å².